The molecule has 0 bridgehead atoms. The second-order valence-electron chi connectivity index (χ2n) is 7.86. The lowest BCUT2D eigenvalue weighted by molar-refractivity contribution is -0.131. The van der Waals surface area contributed by atoms with Crippen molar-refractivity contribution in [3.8, 4) is 16.9 Å². The van der Waals surface area contributed by atoms with E-state index in [1.807, 2.05) is 17.0 Å². The summed E-state index contributed by atoms with van der Waals surface area (Å²) in [5.74, 6) is 1.62. The van der Waals surface area contributed by atoms with Crippen LogP contribution in [0.5, 0.6) is 5.75 Å². The zero-order valence-corrected chi connectivity index (χ0v) is 16.7. The van der Waals surface area contributed by atoms with Crippen molar-refractivity contribution in [2.45, 2.75) is 18.4 Å². The number of carbonyl (C=O) groups excluding carboxylic acids is 1. The molecule has 148 valence electrons. The van der Waals surface area contributed by atoms with Gasteiger partial charge in [-0.25, -0.2) is 0 Å². The van der Waals surface area contributed by atoms with Gasteiger partial charge in [0, 0.05) is 38.1 Å². The summed E-state index contributed by atoms with van der Waals surface area (Å²) in [5.41, 5.74) is 3.75. The van der Waals surface area contributed by atoms with E-state index in [1.54, 1.807) is 7.11 Å². The Morgan fingerprint density at radius 3 is 2.21 bits per heavy atom. The van der Waals surface area contributed by atoms with Crippen LogP contribution in [-0.2, 0) is 4.79 Å². The van der Waals surface area contributed by atoms with Crippen LogP contribution in [0.2, 0.25) is 0 Å². The van der Waals surface area contributed by atoms with E-state index in [9.17, 15) is 4.79 Å². The van der Waals surface area contributed by atoms with Gasteiger partial charge in [-0.05, 0) is 42.3 Å². The first kappa shape index (κ1) is 19.0. The van der Waals surface area contributed by atoms with Crippen molar-refractivity contribution < 1.29 is 9.53 Å². The van der Waals surface area contributed by atoms with Gasteiger partial charge in [-0.2, -0.15) is 0 Å². The van der Waals surface area contributed by atoms with E-state index in [2.05, 4.69) is 53.7 Å². The zero-order valence-electron chi connectivity index (χ0n) is 16.7. The topological polar surface area (TPSA) is 44.8 Å². The molecular formula is C23H29N3O2. The molecule has 2 fully saturated rings. The number of nitrogens with one attached hydrogen (secondary N) is 1. The van der Waals surface area contributed by atoms with Gasteiger partial charge in [0.05, 0.1) is 13.7 Å². The minimum absolute atomic E-state index is 0.230. The smallest absolute Gasteiger partial charge is 0.236 e. The van der Waals surface area contributed by atoms with Crippen molar-refractivity contribution in [3.63, 3.8) is 0 Å². The largest absolute Gasteiger partial charge is 0.497 e. The molecule has 4 rings (SSSR count). The van der Waals surface area contributed by atoms with Crippen LogP contribution in [0.15, 0.2) is 48.5 Å². The molecule has 28 heavy (non-hydrogen) atoms. The first-order valence-corrected chi connectivity index (χ1v) is 10.1. The molecule has 2 aromatic rings. The second-order valence-corrected chi connectivity index (χ2v) is 7.86. The van der Waals surface area contributed by atoms with Crippen molar-refractivity contribution in [1.82, 2.24) is 15.1 Å². The first-order chi connectivity index (χ1) is 13.6. The molecule has 1 unspecified atom stereocenters. The number of ether oxygens (including phenoxy) is 1. The lowest BCUT2D eigenvalue weighted by Crippen LogP contribution is -2.49. The minimum Gasteiger partial charge on any atom is -0.497 e. The Labute approximate surface area is 167 Å². The van der Waals surface area contributed by atoms with Crippen molar-refractivity contribution >= 4 is 5.91 Å². The standard InChI is InChI=1S/C23H29N3O2/c1-25-11-13-26(14-12-25)23(27)16-24-22-15-21(22)19-5-3-17(4-6-19)18-7-9-20(28-2)10-8-18/h3-10,21-22,24H,11-16H2,1-2H3/t21?,22-/m0/s1. The highest BCUT2D eigenvalue weighted by Crippen LogP contribution is 2.41. The SMILES string of the molecule is COc1ccc(-c2ccc(C3C[C@@H]3NCC(=O)N3CCN(C)CC3)cc2)cc1. The van der Waals surface area contributed by atoms with Crippen molar-refractivity contribution in [2.24, 2.45) is 0 Å². The number of piperazine rings is 1. The van der Waals surface area contributed by atoms with Crippen LogP contribution >= 0.6 is 0 Å². The highest BCUT2D eigenvalue weighted by molar-refractivity contribution is 5.78. The number of amides is 1. The maximum atomic E-state index is 12.4. The summed E-state index contributed by atoms with van der Waals surface area (Å²) in [7, 11) is 3.79. The van der Waals surface area contributed by atoms with Crippen LogP contribution in [-0.4, -0.2) is 68.6 Å². The van der Waals surface area contributed by atoms with Crippen LogP contribution < -0.4 is 10.1 Å². The van der Waals surface area contributed by atoms with Crippen LogP contribution in [0.3, 0.4) is 0 Å². The number of carbonyl (C=O) groups is 1. The predicted molar refractivity (Wildman–Crippen MR) is 112 cm³/mol. The number of hydrogen-bond donors (Lipinski definition) is 1. The van der Waals surface area contributed by atoms with Gasteiger partial charge in [-0.15, -0.1) is 0 Å². The Kier molecular flexibility index (Phi) is 5.64. The van der Waals surface area contributed by atoms with Gasteiger partial charge in [0.1, 0.15) is 5.75 Å². The summed E-state index contributed by atoms with van der Waals surface area (Å²) in [6.45, 7) is 4.08. The lowest BCUT2D eigenvalue weighted by atomic mass is 10.0. The summed E-state index contributed by atoms with van der Waals surface area (Å²) in [6.07, 6.45) is 1.11. The Bertz CT molecular complexity index is 796. The fourth-order valence-electron chi connectivity index (χ4n) is 3.88. The fourth-order valence-corrected chi connectivity index (χ4v) is 3.88. The van der Waals surface area contributed by atoms with Crippen LogP contribution in [0.1, 0.15) is 17.9 Å². The minimum atomic E-state index is 0.230. The molecule has 1 aliphatic heterocycles. The van der Waals surface area contributed by atoms with Crippen LogP contribution in [0.4, 0.5) is 0 Å². The van der Waals surface area contributed by atoms with Crippen molar-refractivity contribution in [3.05, 3.63) is 54.1 Å². The molecule has 1 saturated heterocycles. The van der Waals surface area contributed by atoms with E-state index in [0.29, 0.717) is 18.5 Å². The van der Waals surface area contributed by atoms with E-state index in [1.165, 1.54) is 16.7 Å². The molecule has 2 aromatic carbocycles. The number of likely N-dealkylation sites (N-methyl/N-ethyl adjacent to an activating group) is 1. The number of rotatable bonds is 6. The predicted octanol–water partition coefficient (Wildman–Crippen LogP) is 2.58. The highest BCUT2D eigenvalue weighted by atomic mass is 16.5. The second kappa shape index (κ2) is 8.33. The third-order valence-corrected chi connectivity index (χ3v) is 5.92. The van der Waals surface area contributed by atoms with Gasteiger partial charge in [-0.1, -0.05) is 36.4 Å². The van der Waals surface area contributed by atoms with Crippen molar-refractivity contribution in [2.75, 3.05) is 46.9 Å². The molecule has 5 heteroatoms. The molecule has 1 saturated carbocycles. The van der Waals surface area contributed by atoms with Gasteiger partial charge < -0.3 is 19.9 Å². The molecule has 0 aromatic heterocycles. The third-order valence-electron chi connectivity index (χ3n) is 5.92. The fraction of sp³-hybridized carbons (Fsp3) is 0.435. The maximum absolute atomic E-state index is 12.4. The Balaban J connectivity index is 1.27. The molecule has 1 N–H and O–H groups in total. The van der Waals surface area contributed by atoms with Crippen LogP contribution in [0.25, 0.3) is 11.1 Å². The quantitative estimate of drug-likeness (QED) is 0.838. The number of hydrogen-bond acceptors (Lipinski definition) is 4. The molecule has 1 aliphatic carbocycles. The Morgan fingerprint density at radius 1 is 1.00 bits per heavy atom. The molecule has 0 spiro atoms. The maximum Gasteiger partial charge on any atom is 0.236 e. The number of methoxy groups -OCH3 is 1. The van der Waals surface area contributed by atoms with Gasteiger partial charge in [0.25, 0.3) is 0 Å². The van der Waals surface area contributed by atoms with E-state index < -0.39 is 0 Å². The normalized spacial score (nSPS) is 22.1. The molecule has 2 aliphatic rings. The monoisotopic (exact) mass is 379 g/mol. The van der Waals surface area contributed by atoms with Gasteiger partial charge >= 0.3 is 0 Å². The lowest BCUT2D eigenvalue weighted by Gasteiger charge is -2.32. The van der Waals surface area contributed by atoms with Gasteiger partial charge in [0.15, 0.2) is 0 Å². The molecule has 1 amide bonds. The van der Waals surface area contributed by atoms with Gasteiger partial charge in [-0.3, -0.25) is 4.79 Å². The summed E-state index contributed by atoms with van der Waals surface area (Å²) in [5, 5.41) is 3.45. The van der Waals surface area contributed by atoms with Crippen LogP contribution in [0, 0.1) is 0 Å². The molecule has 1 heterocycles. The number of nitrogens with zero attached hydrogens (tertiary/aromatic N) is 2. The average molecular weight is 380 g/mol. The highest BCUT2D eigenvalue weighted by Gasteiger charge is 2.38. The number of benzene rings is 2. The van der Waals surface area contributed by atoms with E-state index >= 15 is 0 Å². The molecular weight excluding hydrogens is 350 g/mol. The first-order valence-electron chi connectivity index (χ1n) is 10.1. The van der Waals surface area contributed by atoms with E-state index in [-0.39, 0.29) is 5.91 Å². The van der Waals surface area contributed by atoms with Gasteiger partial charge in [0.2, 0.25) is 5.91 Å². The zero-order chi connectivity index (χ0) is 19.5. The molecule has 2 atom stereocenters. The summed E-state index contributed by atoms with van der Waals surface area (Å²) >= 11 is 0. The summed E-state index contributed by atoms with van der Waals surface area (Å²) in [6, 6.07) is 17.4. The van der Waals surface area contributed by atoms with E-state index in [0.717, 1.165) is 38.3 Å². The summed E-state index contributed by atoms with van der Waals surface area (Å²) < 4.78 is 5.22. The summed E-state index contributed by atoms with van der Waals surface area (Å²) in [4.78, 5) is 16.6. The van der Waals surface area contributed by atoms with E-state index in [4.69, 9.17) is 4.74 Å². The third kappa shape index (κ3) is 4.37. The molecule has 0 radical (unpaired) electrons. The molecule has 5 nitrogen and oxygen atoms in total. The van der Waals surface area contributed by atoms with Crippen molar-refractivity contribution in [1.29, 1.82) is 0 Å². The Hall–Kier alpha value is -2.37. The average Bonchev–Trinajstić information content (AvgIpc) is 3.52. The Morgan fingerprint density at radius 2 is 1.61 bits per heavy atom.